The van der Waals surface area contributed by atoms with Crippen LogP contribution in [0.2, 0.25) is 0 Å². The Balaban J connectivity index is 2.16. The second kappa shape index (κ2) is 5.22. The lowest BCUT2D eigenvalue weighted by Crippen LogP contribution is -2.20. The predicted molar refractivity (Wildman–Crippen MR) is 51.2 cm³/mol. The highest BCUT2D eigenvalue weighted by molar-refractivity contribution is 5.69. The normalized spacial score (nSPS) is 20.2. The molecule has 1 rings (SSSR count). The van der Waals surface area contributed by atoms with E-state index in [9.17, 15) is 4.79 Å². The van der Waals surface area contributed by atoms with Gasteiger partial charge >= 0.3 is 5.97 Å². The Morgan fingerprint density at radius 2 is 2.15 bits per heavy atom. The average Bonchev–Trinajstić information content (AvgIpc) is 2.56. The molecule has 0 amide bonds. The summed E-state index contributed by atoms with van der Waals surface area (Å²) in [5, 5.41) is 0. The number of hydrogen-bond donors (Lipinski definition) is 1. The summed E-state index contributed by atoms with van der Waals surface area (Å²) >= 11 is 0. The van der Waals surface area contributed by atoms with Crippen LogP contribution in [0.3, 0.4) is 0 Å². The minimum atomic E-state index is -0.0788. The molecule has 0 radical (unpaired) electrons. The molecule has 3 nitrogen and oxygen atoms in total. The molecule has 1 saturated carbocycles. The maximum atomic E-state index is 11.3. The second-order valence-electron chi connectivity index (χ2n) is 3.94. The zero-order valence-corrected chi connectivity index (χ0v) is 8.29. The summed E-state index contributed by atoms with van der Waals surface area (Å²) in [7, 11) is 0. The highest BCUT2D eigenvalue weighted by Gasteiger charge is 2.19. The lowest BCUT2D eigenvalue weighted by molar-refractivity contribution is -0.149. The molecule has 0 aromatic rings. The van der Waals surface area contributed by atoms with Crippen molar-refractivity contribution in [1.82, 2.24) is 0 Å². The fraction of sp³-hybridized carbons (Fsp3) is 0.900. The van der Waals surface area contributed by atoms with Gasteiger partial charge in [0.25, 0.3) is 0 Å². The molecule has 0 spiro atoms. The fourth-order valence-corrected chi connectivity index (χ4v) is 1.61. The molecule has 1 aliphatic rings. The first kappa shape index (κ1) is 10.5. The summed E-state index contributed by atoms with van der Waals surface area (Å²) in [6.45, 7) is 2.52. The summed E-state index contributed by atoms with van der Waals surface area (Å²) in [6, 6.07) is 0. The Morgan fingerprint density at radius 1 is 1.54 bits per heavy atom. The molecule has 0 aromatic heterocycles. The molecule has 1 atom stereocenters. The Kier molecular flexibility index (Phi) is 4.22. The Hall–Kier alpha value is -0.570. The number of ether oxygens (including phenoxy) is 1. The second-order valence-corrected chi connectivity index (χ2v) is 3.94. The van der Waals surface area contributed by atoms with E-state index in [2.05, 4.69) is 0 Å². The summed E-state index contributed by atoms with van der Waals surface area (Å²) in [5.41, 5.74) is 5.42. The largest absolute Gasteiger partial charge is 0.462 e. The molecule has 3 heteroatoms. The first-order valence-electron chi connectivity index (χ1n) is 5.12. The van der Waals surface area contributed by atoms with Crippen LogP contribution in [-0.4, -0.2) is 18.6 Å². The predicted octanol–water partition coefficient (Wildman–Crippen LogP) is 1.46. The van der Waals surface area contributed by atoms with Crippen LogP contribution in [0, 0.1) is 5.92 Å². The van der Waals surface area contributed by atoms with Gasteiger partial charge in [-0.3, -0.25) is 4.79 Å². The quantitative estimate of drug-likeness (QED) is 0.674. The van der Waals surface area contributed by atoms with Gasteiger partial charge in [0.15, 0.2) is 0 Å². The summed E-state index contributed by atoms with van der Waals surface area (Å²) in [5.74, 6) is 0.166. The molecular weight excluding hydrogens is 166 g/mol. The van der Waals surface area contributed by atoms with E-state index in [-0.39, 0.29) is 18.0 Å². The van der Waals surface area contributed by atoms with E-state index in [0.717, 1.165) is 12.8 Å². The van der Waals surface area contributed by atoms with Crippen LogP contribution in [0.15, 0.2) is 0 Å². The Labute approximate surface area is 79.6 Å². The topological polar surface area (TPSA) is 52.3 Å². The van der Waals surface area contributed by atoms with E-state index in [1.54, 1.807) is 0 Å². The van der Waals surface area contributed by atoms with Gasteiger partial charge in [0, 0.05) is 6.42 Å². The van der Waals surface area contributed by atoms with Crippen molar-refractivity contribution in [2.45, 2.75) is 45.1 Å². The average molecular weight is 185 g/mol. The van der Waals surface area contributed by atoms with Crippen molar-refractivity contribution >= 4 is 5.97 Å². The van der Waals surface area contributed by atoms with Crippen molar-refractivity contribution in [1.29, 1.82) is 0 Å². The highest BCUT2D eigenvalue weighted by atomic mass is 16.5. The van der Waals surface area contributed by atoms with Crippen molar-refractivity contribution in [3.05, 3.63) is 0 Å². The van der Waals surface area contributed by atoms with Gasteiger partial charge in [-0.15, -0.1) is 0 Å². The Bertz CT molecular complexity index is 164. The molecule has 2 N–H and O–H groups in total. The van der Waals surface area contributed by atoms with Crippen LogP contribution in [0.4, 0.5) is 0 Å². The maximum Gasteiger partial charge on any atom is 0.306 e. The monoisotopic (exact) mass is 185 g/mol. The lowest BCUT2D eigenvalue weighted by atomic mass is 10.1. The van der Waals surface area contributed by atoms with Crippen molar-refractivity contribution in [2.75, 3.05) is 6.54 Å². The van der Waals surface area contributed by atoms with Crippen molar-refractivity contribution < 1.29 is 9.53 Å². The third-order valence-electron chi connectivity index (χ3n) is 2.52. The summed E-state index contributed by atoms with van der Waals surface area (Å²) in [6.07, 6.45) is 5.14. The first-order chi connectivity index (χ1) is 6.22. The molecule has 0 aromatic carbocycles. The molecule has 76 valence electrons. The number of nitrogens with two attached hydrogens (primary N) is 1. The van der Waals surface area contributed by atoms with Gasteiger partial charge in [0.2, 0.25) is 0 Å². The van der Waals surface area contributed by atoms with Crippen molar-refractivity contribution in [3.8, 4) is 0 Å². The van der Waals surface area contributed by atoms with Crippen molar-refractivity contribution in [3.63, 3.8) is 0 Å². The molecule has 1 aliphatic carbocycles. The summed E-state index contributed by atoms with van der Waals surface area (Å²) < 4.78 is 5.29. The molecular formula is C10H19NO2. The number of carbonyl (C=O) groups is 1. The molecule has 1 unspecified atom stereocenters. The van der Waals surface area contributed by atoms with Gasteiger partial charge < -0.3 is 10.5 Å². The number of esters is 1. The number of rotatable bonds is 4. The standard InChI is InChI=1S/C10H19NO2/c1-8(7-11)6-10(12)13-9-4-2-3-5-9/h8-9H,2-7,11H2,1H3. The first-order valence-corrected chi connectivity index (χ1v) is 5.12. The minimum Gasteiger partial charge on any atom is -0.462 e. The molecule has 0 saturated heterocycles. The third kappa shape index (κ3) is 3.77. The zero-order valence-electron chi connectivity index (χ0n) is 8.29. The third-order valence-corrected chi connectivity index (χ3v) is 2.52. The van der Waals surface area contributed by atoms with Crippen LogP contribution in [0.25, 0.3) is 0 Å². The minimum absolute atomic E-state index is 0.0788. The van der Waals surface area contributed by atoms with Crippen LogP contribution < -0.4 is 5.73 Å². The van der Waals surface area contributed by atoms with Crippen LogP contribution in [0.1, 0.15) is 39.0 Å². The Morgan fingerprint density at radius 3 is 2.69 bits per heavy atom. The maximum absolute atomic E-state index is 11.3. The number of carbonyl (C=O) groups excluding carboxylic acids is 1. The summed E-state index contributed by atoms with van der Waals surface area (Å²) in [4.78, 5) is 11.3. The van der Waals surface area contributed by atoms with Crippen LogP contribution in [-0.2, 0) is 9.53 Å². The number of hydrogen-bond acceptors (Lipinski definition) is 3. The van der Waals surface area contributed by atoms with Gasteiger partial charge in [-0.1, -0.05) is 6.92 Å². The molecule has 0 heterocycles. The van der Waals surface area contributed by atoms with Crippen molar-refractivity contribution in [2.24, 2.45) is 11.7 Å². The molecule has 0 aliphatic heterocycles. The zero-order chi connectivity index (χ0) is 9.68. The van der Waals surface area contributed by atoms with E-state index < -0.39 is 0 Å². The highest BCUT2D eigenvalue weighted by Crippen LogP contribution is 2.21. The van der Waals surface area contributed by atoms with Gasteiger partial charge in [0.1, 0.15) is 6.10 Å². The smallest absolute Gasteiger partial charge is 0.306 e. The molecule has 13 heavy (non-hydrogen) atoms. The van der Waals surface area contributed by atoms with Gasteiger partial charge in [-0.25, -0.2) is 0 Å². The van der Waals surface area contributed by atoms with E-state index in [0.29, 0.717) is 13.0 Å². The van der Waals surface area contributed by atoms with Gasteiger partial charge in [0.05, 0.1) is 0 Å². The van der Waals surface area contributed by atoms with E-state index >= 15 is 0 Å². The van der Waals surface area contributed by atoms with Gasteiger partial charge in [-0.05, 0) is 38.1 Å². The molecule has 1 fully saturated rings. The SMILES string of the molecule is CC(CN)CC(=O)OC1CCCC1. The van der Waals surface area contributed by atoms with E-state index in [4.69, 9.17) is 10.5 Å². The van der Waals surface area contributed by atoms with Gasteiger partial charge in [-0.2, -0.15) is 0 Å². The fourth-order valence-electron chi connectivity index (χ4n) is 1.61. The van der Waals surface area contributed by atoms with Crippen LogP contribution in [0.5, 0.6) is 0 Å². The van der Waals surface area contributed by atoms with E-state index in [1.807, 2.05) is 6.92 Å². The van der Waals surface area contributed by atoms with Crippen LogP contribution >= 0.6 is 0 Å². The lowest BCUT2D eigenvalue weighted by Gasteiger charge is -2.13. The van der Waals surface area contributed by atoms with E-state index in [1.165, 1.54) is 12.8 Å². The molecule has 0 bridgehead atoms.